The van der Waals surface area contributed by atoms with Gasteiger partial charge in [-0.25, -0.2) is 4.79 Å². The van der Waals surface area contributed by atoms with Gasteiger partial charge in [-0.1, -0.05) is 12.8 Å². The van der Waals surface area contributed by atoms with Gasteiger partial charge in [0.05, 0.1) is 17.9 Å². The zero-order chi connectivity index (χ0) is 14.5. The molecule has 108 valence electrons. The minimum absolute atomic E-state index is 0.0621. The van der Waals surface area contributed by atoms with Gasteiger partial charge in [-0.2, -0.15) is 0 Å². The summed E-state index contributed by atoms with van der Waals surface area (Å²) in [7, 11) is 0. The van der Waals surface area contributed by atoms with Gasteiger partial charge in [-0.15, -0.1) is 0 Å². The minimum atomic E-state index is -0.359. The van der Waals surface area contributed by atoms with Crippen molar-refractivity contribution < 1.29 is 14.3 Å². The van der Waals surface area contributed by atoms with Crippen LogP contribution in [0.2, 0.25) is 0 Å². The normalized spacial score (nSPS) is 15.1. The number of carbonyl (C=O) groups is 2. The van der Waals surface area contributed by atoms with Crippen LogP contribution in [0.4, 0.5) is 5.69 Å². The lowest BCUT2D eigenvalue weighted by atomic mass is 10.1. The van der Waals surface area contributed by atoms with E-state index in [9.17, 15) is 9.59 Å². The first-order valence-corrected chi connectivity index (χ1v) is 7.68. The Bertz CT molecular complexity index is 510. The second-order valence-corrected chi connectivity index (χ2v) is 5.74. The second kappa shape index (κ2) is 6.88. The Morgan fingerprint density at radius 3 is 2.65 bits per heavy atom. The highest BCUT2D eigenvalue weighted by atomic mass is 79.9. The summed E-state index contributed by atoms with van der Waals surface area (Å²) < 4.78 is 5.63. The van der Waals surface area contributed by atoms with E-state index < -0.39 is 0 Å². The van der Waals surface area contributed by atoms with Crippen LogP contribution in [0.25, 0.3) is 0 Å². The number of nitrogens with one attached hydrogen (secondary N) is 1. The molecule has 0 aromatic heterocycles. The standard InChI is InChI=1S/C15H18BrNO3/c1-2-20-15(19)11-7-8-13(12(16)9-11)17-14(18)10-5-3-4-6-10/h7-10H,2-6H2,1H3,(H,17,18). The van der Waals surface area contributed by atoms with E-state index in [1.54, 1.807) is 25.1 Å². The Hall–Kier alpha value is -1.36. The van der Waals surface area contributed by atoms with E-state index in [2.05, 4.69) is 21.2 Å². The molecule has 1 aliphatic rings. The fraction of sp³-hybridized carbons (Fsp3) is 0.467. The molecule has 0 aliphatic heterocycles. The number of anilines is 1. The molecule has 0 heterocycles. The van der Waals surface area contributed by atoms with Gasteiger partial charge in [0.2, 0.25) is 5.91 Å². The van der Waals surface area contributed by atoms with Crippen LogP contribution in [-0.4, -0.2) is 18.5 Å². The van der Waals surface area contributed by atoms with Crippen molar-refractivity contribution in [2.45, 2.75) is 32.6 Å². The molecule has 1 N–H and O–H groups in total. The van der Waals surface area contributed by atoms with Crippen molar-refractivity contribution in [3.63, 3.8) is 0 Å². The first kappa shape index (κ1) is 15.0. The topological polar surface area (TPSA) is 55.4 Å². The molecule has 5 heteroatoms. The molecule has 0 unspecified atom stereocenters. The van der Waals surface area contributed by atoms with Crippen molar-refractivity contribution in [1.29, 1.82) is 0 Å². The number of carbonyl (C=O) groups excluding carboxylic acids is 2. The Labute approximate surface area is 127 Å². The van der Waals surface area contributed by atoms with Crippen LogP contribution < -0.4 is 5.32 Å². The molecule has 20 heavy (non-hydrogen) atoms. The van der Waals surface area contributed by atoms with Gasteiger partial charge in [0.15, 0.2) is 0 Å². The van der Waals surface area contributed by atoms with Crippen LogP contribution in [0.1, 0.15) is 43.0 Å². The highest BCUT2D eigenvalue weighted by molar-refractivity contribution is 9.10. The third kappa shape index (κ3) is 3.60. The Morgan fingerprint density at radius 1 is 1.35 bits per heavy atom. The third-order valence-corrected chi connectivity index (χ3v) is 4.12. The number of hydrogen-bond acceptors (Lipinski definition) is 3. The van der Waals surface area contributed by atoms with E-state index in [0.29, 0.717) is 22.3 Å². The van der Waals surface area contributed by atoms with Crippen molar-refractivity contribution in [3.8, 4) is 0 Å². The predicted molar refractivity (Wildman–Crippen MR) is 80.7 cm³/mol. The van der Waals surface area contributed by atoms with E-state index in [-0.39, 0.29) is 17.8 Å². The summed E-state index contributed by atoms with van der Waals surface area (Å²) in [5, 5.41) is 2.91. The highest BCUT2D eigenvalue weighted by Gasteiger charge is 2.23. The predicted octanol–water partition coefficient (Wildman–Crippen LogP) is 3.75. The van der Waals surface area contributed by atoms with Crippen LogP contribution in [-0.2, 0) is 9.53 Å². The van der Waals surface area contributed by atoms with Gasteiger partial charge in [-0.3, -0.25) is 4.79 Å². The molecule has 1 aromatic rings. The summed E-state index contributed by atoms with van der Waals surface area (Å²) in [6, 6.07) is 5.05. The van der Waals surface area contributed by atoms with Gasteiger partial charge in [0.25, 0.3) is 0 Å². The summed E-state index contributed by atoms with van der Waals surface area (Å²) >= 11 is 3.38. The van der Waals surface area contributed by atoms with Crippen LogP contribution in [0.3, 0.4) is 0 Å². The van der Waals surface area contributed by atoms with Crippen molar-refractivity contribution in [3.05, 3.63) is 28.2 Å². The highest BCUT2D eigenvalue weighted by Crippen LogP contribution is 2.28. The lowest BCUT2D eigenvalue weighted by molar-refractivity contribution is -0.119. The zero-order valence-corrected chi connectivity index (χ0v) is 13.0. The molecule has 0 spiro atoms. The van der Waals surface area contributed by atoms with Crippen molar-refractivity contribution in [1.82, 2.24) is 0 Å². The molecule has 0 radical (unpaired) electrons. The number of esters is 1. The quantitative estimate of drug-likeness (QED) is 0.849. The molecule has 0 saturated heterocycles. The van der Waals surface area contributed by atoms with Gasteiger partial charge in [-0.05, 0) is 53.9 Å². The maximum absolute atomic E-state index is 12.1. The Kier molecular flexibility index (Phi) is 5.17. The van der Waals surface area contributed by atoms with Gasteiger partial charge in [0.1, 0.15) is 0 Å². The van der Waals surface area contributed by atoms with E-state index >= 15 is 0 Å². The summed E-state index contributed by atoms with van der Waals surface area (Å²) in [6.45, 7) is 2.11. The average Bonchev–Trinajstić information content (AvgIpc) is 2.95. The molecule has 0 bridgehead atoms. The van der Waals surface area contributed by atoms with E-state index in [4.69, 9.17) is 4.74 Å². The van der Waals surface area contributed by atoms with Crippen molar-refractivity contribution >= 4 is 33.5 Å². The number of amides is 1. The van der Waals surface area contributed by atoms with E-state index in [1.165, 1.54) is 0 Å². The number of benzene rings is 1. The monoisotopic (exact) mass is 339 g/mol. The minimum Gasteiger partial charge on any atom is -0.462 e. The molecular formula is C15H18BrNO3. The zero-order valence-electron chi connectivity index (χ0n) is 11.4. The van der Waals surface area contributed by atoms with Crippen LogP contribution in [0.15, 0.2) is 22.7 Å². The van der Waals surface area contributed by atoms with Gasteiger partial charge >= 0.3 is 5.97 Å². The number of ether oxygens (including phenoxy) is 1. The molecule has 1 aromatic carbocycles. The average molecular weight is 340 g/mol. The largest absolute Gasteiger partial charge is 0.462 e. The van der Waals surface area contributed by atoms with E-state index in [1.807, 2.05) is 0 Å². The Balaban J connectivity index is 2.05. The molecular weight excluding hydrogens is 322 g/mol. The molecule has 1 saturated carbocycles. The molecule has 1 amide bonds. The third-order valence-electron chi connectivity index (χ3n) is 3.46. The first-order chi connectivity index (χ1) is 9.61. The molecule has 4 nitrogen and oxygen atoms in total. The summed E-state index contributed by atoms with van der Waals surface area (Å²) in [6.07, 6.45) is 4.18. The first-order valence-electron chi connectivity index (χ1n) is 6.89. The van der Waals surface area contributed by atoms with Gasteiger partial charge < -0.3 is 10.1 Å². The fourth-order valence-corrected chi connectivity index (χ4v) is 2.86. The van der Waals surface area contributed by atoms with Gasteiger partial charge in [0, 0.05) is 10.4 Å². The fourth-order valence-electron chi connectivity index (χ4n) is 2.38. The smallest absolute Gasteiger partial charge is 0.338 e. The number of hydrogen-bond donors (Lipinski definition) is 1. The second-order valence-electron chi connectivity index (χ2n) is 4.89. The van der Waals surface area contributed by atoms with E-state index in [0.717, 1.165) is 25.7 Å². The lowest BCUT2D eigenvalue weighted by Crippen LogP contribution is -2.20. The summed E-state index contributed by atoms with van der Waals surface area (Å²) in [5.41, 5.74) is 1.16. The lowest BCUT2D eigenvalue weighted by Gasteiger charge is -2.12. The van der Waals surface area contributed by atoms with Crippen LogP contribution >= 0.6 is 15.9 Å². The molecule has 2 rings (SSSR count). The van der Waals surface area contributed by atoms with Crippen molar-refractivity contribution in [2.24, 2.45) is 5.92 Å². The van der Waals surface area contributed by atoms with Crippen LogP contribution in [0, 0.1) is 5.92 Å². The molecule has 1 aliphatic carbocycles. The Morgan fingerprint density at radius 2 is 2.05 bits per heavy atom. The summed E-state index contributed by atoms with van der Waals surface area (Å²) in [4.78, 5) is 23.7. The molecule has 1 fully saturated rings. The number of rotatable bonds is 4. The maximum atomic E-state index is 12.1. The van der Waals surface area contributed by atoms with Crippen molar-refractivity contribution in [2.75, 3.05) is 11.9 Å². The SMILES string of the molecule is CCOC(=O)c1ccc(NC(=O)C2CCCC2)c(Br)c1. The summed E-state index contributed by atoms with van der Waals surface area (Å²) in [5.74, 6) is -0.180. The number of halogens is 1. The van der Waals surface area contributed by atoms with Crippen LogP contribution in [0.5, 0.6) is 0 Å². The maximum Gasteiger partial charge on any atom is 0.338 e. The molecule has 0 atom stereocenters.